The van der Waals surface area contributed by atoms with Crippen molar-refractivity contribution < 1.29 is 15.6 Å². The average Bonchev–Trinajstić information content (AvgIpc) is 2.25. The third kappa shape index (κ3) is 4.85. The molecule has 82 valence electrons. The molecule has 3 N–H and O–H groups in total. The van der Waals surface area contributed by atoms with Crippen LogP contribution in [0.3, 0.4) is 0 Å². The van der Waals surface area contributed by atoms with E-state index in [0.717, 1.165) is 11.5 Å². The summed E-state index contributed by atoms with van der Waals surface area (Å²) in [6, 6.07) is 9.52. The van der Waals surface area contributed by atoms with Crippen LogP contribution in [0.15, 0.2) is 30.3 Å². The first kappa shape index (κ1) is 12.1. The maximum Gasteiger partial charge on any atom is 0.125 e. The Morgan fingerprint density at radius 1 is 1.40 bits per heavy atom. The van der Waals surface area contributed by atoms with Gasteiger partial charge in [-0.2, -0.15) is 11.8 Å². The van der Waals surface area contributed by atoms with Crippen LogP contribution >= 0.6 is 11.8 Å². The van der Waals surface area contributed by atoms with Crippen molar-refractivity contribution in [2.75, 3.05) is 5.75 Å². The lowest BCUT2D eigenvalue weighted by atomic mass is 10.2. The topological polar surface area (TPSA) is 67.8 Å². The SMILES string of the molecule is [NH3+][C@@H](CCSCc1ccccc1)C(=O)[O-]. The smallest absolute Gasteiger partial charge is 0.125 e. The normalized spacial score (nSPS) is 12.3. The van der Waals surface area contributed by atoms with Gasteiger partial charge in [0.05, 0.1) is 5.97 Å². The molecule has 0 fully saturated rings. The number of aliphatic carboxylic acids is 1. The Bertz CT molecular complexity index is 303. The highest BCUT2D eigenvalue weighted by atomic mass is 32.2. The molecule has 0 bridgehead atoms. The molecule has 0 saturated carbocycles. The van der Waals surface area contributed by atoms with Gasteiger partial charge in [-0.3, -0.25) is 0 Å². The number of hydrogen-bond acceptors (Lipinski definition) is 3. The molecule has 0 aliphatic carbocycles. The lowest BCUT2D eigenvalue weighted by Gasteiger charge is -2.08. The van der Waals surface area contributed by atoms with E-state index in [1.807, 2.05) is 18.2 Å². The van der Waals surface area contributed by atoms with Gasteiger partial charge >= 0.3 is 0 Å². The first-order chi connectivity index (χ1) is 7.20. The quantitative estimate of drug-likeness (QED) is 0.674. The van der Waals surface area contributed by atoms with Gasteiger partial charge in [0.15, 0.2) is 0 Å². The van der Waals surface area contributed by atoms with Crippen LogP contribution < -0.4 is 10.8 Å². The lowest BCUT2D eigenvalue weighted by Crippen LogP contribution is -2.68. The van der Waals surface area contributed by atoms with Crippen LogP contribution in [-0.4, -0.2) is 17.8 Å². The Balaban J connectivity index is 2.15. The van der Waals surface area contributed by atoms with Crippen molar-refractivity contribution in [1.29, 1.82) is 0 Å². The summed E-state index contributed by atoms with van der Waals surface area (Å²) in [5, 5.41) is 10.4. The van der Waals surface area contributed by atoms with Crippen molar-refractivity contribution >= 4 is 17.7 Å². The molecule has 1 aromatic rings. The highest BCUT2D eigenvalue weighted by molar-refractivity contribution is 7.98. The largest absolute Gasteiger partial charge is 0.544 e. The number of carbonyl (C=O) groups is 1. The number of thioether (sulfide) groups is 1. The van der Waals surface area contributed by atoms with E-state index in [9.17, 15) is 9.90 Å². The molecule has 15 heavy (non-hydrogen) atoms. The fraction of sp³-hybridized carbons (Fsp3) is 0.364. The second-order valence-corrected chi connectivity index (χ2v) is 4.45. The van der Waals surface area contributed by atoms with Gasteiger partial charge in [0.1, 0.15) is 6.04 Å². The van der Waals surface area contributed by atoms with Gasteiger partial charge in [0, 0.05) is 12.2 Å². The van der Waals surface area contributed by atoms with E-state index in [1.165, 1.54) is 5.56 Å². The van der Waals surface area contributed by atoms with Gasteiger partial charge in [0.2, 0.25) is 0 Å². The monoisotopic (exact) mass is 225 g/mol. The predicted molar refractivity (Wildman–Crippen MR) is 58.9 cm³/mol. The van der Waals surface area contributed by atoms with Crippen molar-refractivity contribution in [3.8, 4) is 0 Å². The van der Waals surface area contributed by atoms with Crippen molar-refractivity contribution in [3.05, 3.63) is 35.9 Å². The minimum Gasteiger partial charge on any atom is -0.544 e. The molecule has 0 heterocycles. The van der Waals surface area contributed by atoms with Gasteiger partial charge in [-0.25, -0.2) is 0 Å². The fourth-order valence-corrected chi connectivity index (χ4v) is 2.13. The van der Waals surface area contributed by atoms with Crippen LogP contribution in [0.4, 0.5) is 0 Å². The van der Waals surface area contributed by atoms with Crippen LogP contribution in [0.25, 0.3) is 0 Å². The Kier molecular flexibility index (Phi) is 5.21. The number of carbonyl (C=O) groups excluding carboxylic acids is 1. The van der Waals surface area contributed by atoms with Crippen LogP contribution in [0.5, 0.6) is 0 Å². The molecule has 4 heteroatoms. The van der Waals surface area contributed by atoms with E-state index in [2.05, 4.69) is 17.9 Å². The van der Waals surface area contributed by atoms with E-state index >= 15 is 0 Å². The van der Waals surface area contributed by atoms with Crippen LogP contribution in [-0.2, 0) is 10.5 Å². The summed E-state index contributed by atoms with van der Waals surface area (Å²) in [4.78, 5) is 10.4. The number of quaternary nitrogens is 1. The molecule has 0 unspecified atom stereocenters. The molecule has 0 aromatic heterocycles. The van der Waals surface area contributed by atoms with Gasteiger partial charge < -0.3 is 15.6 Å². The molecule has 1 rings (SSSR count). The number of benzene rings is 1. The van der Waals surface area contributed by atoms with Gasteiger partial charge in [-0.1, -0.05) is 30.3 Å². The molecule has 0 aliphatic rings. The number of carboxylic acids is 1. The Morgan fingerprint density at radius 2 is 2.07 bits per heavy atom. The first-order valence-electron chi connectivity index (χ1n) is 4.86. The van der Waals surface area contributed by atoms with Gasteiger partial charge in [-0.15, -0.1) is 0 Å². The number of rotatable bonds is 6. The second-order valence-electron chi connectivity index (χ2n) is 3.34. The predicted octanol–water partition coefficient (Wildman–Crippen LogP) is -0.330. The van der Waals surface area contributed by atoms with E-state index in [-0.39, 0.29) is 0 Å². The summed E-state index contributed by atoms with van der Waals surface area (Å²) in [5.74, 6) is 0.660. The summed E-state index contributed by atoms with van der Waals surface area (Å²) in [7, 11) is 0. The summed E-state index contributed by atoms with van der Waals surface area (Å²) in [5.41, 5.74) is 4.77. The third-order valence-electron chi connectivity index (χ3n) is 2.06. The molecule has 0 radical (unpaired) electrons. The van der Waals surface area contributed by atoms with E-state index in [1.54, 1.807) is 11.8 Å². The molecule has 1 atom stereocenters. The standard InChI is InChI=1S/C11H15NO2S/c12-10(11(13)14)6-7-15-8-9-4-2-1-3-5-9/h1-5,10H,6-8,12H2,(H,13,14)/t10-/m0/s1. The highest BCUT2D eigenvalue weighted by Crippen LogP contribution is 2.12. The van der Waals surface area contributed by atoms with Crippen molar-refractivity contribution in [2.24, 2.45) is 0 Å². The zero-order chi connectivity index (χ0) is 11.1. The summed E-state index contributed by atoms with van der Waals surface area (Å²) in [6.45, 7) is 0. The Hall–Kier alpha value is -1.00. The zero-order valence-electron chi connectivity index (χ0n) is 8.52. The summed E-state index contributed by atoms with van der Waals surface area (Å²) < 4.78 is 0. The maximum atomic E-state index is 10.4. The van der Waals surface area contributed by atoms with Gasteiger partial charge in [-0.05, 0) is 11.3 Å². The molecule has 0 saturated heterocycles. The molecular formula is C11H15NO2S. The van der Waals surface area contributed by atoms with Crippen molar-refractivity contribution in [2.45, 2.75) is 18.2 Å². The molecule has 0 aliphatic heterocycles. The van der Waals surface area contributed by atoms with Gasteiger partial charge in [0.25, 0.3) is 0 Å². The maximum absolute atomic E-state index is 10.4. The molecule has 1 aromatic carbocycles. The average molecular weight is 225 g/mol. The Labute approximate surface area is 93.7 Å². The zero-order valence-corrected chi connectivity index (χ0v) is 9.33. The lowest BCUT2D eigenvalue weighted by molar-refractivity contribution is -0.437. The first-order valence-corrected chi connectivity index (χ1v) is 6.01. The third-order valence-corrected chi connectivity index (χ3v) is 3.12. The molecule has 0 amide bonds. The molecule has 0 spiro atoms. The number of carboxylic acid groups (broad SMARTS) is 1. The van der Waals surface area contributed by atoms with E-state index < -0.39 is 12.0 Å². The van der Waals surface area contributed by atoms with E-state index in [4.69, 9.17) is 0 Å². The Morgan fingerprint density at radius 3 is 2.67 bits per heavy atom. The van der Waals surface area contributed by atoms with E-state index in [0.29, 0.717) is 6.42 Å². The number of hydrogen-bond donors (Lipinski definition) is 1. The highest BCUT2D eigenvalue weighted by Gasteiger charge is 2.06. The van der Waals surface area contributed by atoms with Crippen LogP contribution in [0.2, 0.25) is 0 Å². The van der Waals surface area contributed by atoms with Crippen LogP contribution in [0, 0.1) is 0 Å². The molecular weight excluding hydrogens is 210 g/mol. The molecule has 3 nitrogen and oxygen atoms in total. The summed E-state index contributed by atoms with van der Waals surface area (Å²) in [6.07, 6.45) is 0.569. The minimum atomic E-state index is -1.06. The van der Waals surface area contributed by atoms with Crippen LogP contribution in [0.1, 0.15) is 12.0 Å². The second kappa shape index (κ2) is 6.48. The van der Waals surface area contributed by atoms with Crippen molar-refractivity contribution in [3.63, 3.8) is 0 Å². The van der Waals surface area contributed by atoms with Crippen molar-refractivity contribution in [1.82, 2.24) is 0 Å². The summed E-state index contributed by atoms with van der Waals surface area (Å²) >= 11 is 1.72. The minimum absolute atomic E-state index is 0.569. The fourth-order valence-electron chi connectivity index (χ4n) is 1.11.